The van der Waals surface area contributed by atoms with Gasteiger partial charge in [0.25, 0.3) is 5.91 Å². The van der Waals surface area contributed by atoms with E-state index in [4.69, 9.17) is 0 Å². The Labute approximate surface area is 159 Å². The van der Waals surface area contributed by atoms with E-state index in [1.54, 1.807) is 12.1 Å². The molecule has 1 aliphatic rings. The van der Waals surface area contributed by atoms with Crippen LogP contribution in [0.1, 0.15) is 53.2 Å². The van der Waals surface area contributed by atoms with Gasteiger partial charge in [-0.3, -0.25) is 19.7 Å². The first-order chi connectivity index (χ1) is 12.9. The minimum atomic E-state index is -0.690. The summed E-state index contributed by atoms with van der Waals surface area (Å²) in [6, 6.07) is 12.9. The van der Waals surface area contributed by atoms with Crippen LogP contribution in [0, 0.1) is 13.8 Å². The minimum Gasteiger partial charge on any atom is -0.322 e. The molecule has 2 N–H and O–H groups in total. The highest BCUT2D eigenvalue weighted by molar-refractivity contribution is 6.05. The first-order valence-corrected chi connectivity index (χ1v) is 9.19. The lowest BCUT2D eigenvalue weighted by molar-refractivity contribution is -0.138. The Bertz CT molecular complexity index is 902. The summed E-state index contributed by atoms with van der Waals surface area (Å²) < 4.78 is 0. The third kappa shape index (κ3) is 3.63. The van der Waals surface area contributed by atoms with Crippen LogP contribution in [0.25, 0.3) is 0 Å². The summed E-state index contributed by atoms with van der Waals surface area (Å²) in [5.74, 6) is -0.633. The zero-order valence-corrected chi connectivity index (χ0v) is 15.9. The number of hydrogen-bond donors (Lipinski definition) is 2. The van der Waals surface area contributed by atoms with Gasteiger partial charge in [-0.05, 0) is 67.6 Å². The number of carbonyl (C=O) groups is 3. The Morgan fingerprint density at radius 2 is 1.78 bits per heavy atom. The Hall–Kier alpha value is -2.95. The molecule has 0 aliphatic carbocycles. The number of amides is 3. The highest BCUT2D eigenvalue weighted by Crippen LogP contribution is 2.36. The van der Waals surface area contributed by atoms with Crippen molar-refractivity contribution in [1.29, 1.82) is 0 Å². The average molecular weight is 364 g/mol. The molecule has 1 saturated heterocycles. The fraction of sp³-hybridized carbons (Fsp3) is 0.318. The van der Waals surface area contributed by atoms with Gasteiger partial charge in [-0.2, -0.15) is 0 Å². The lowest BCUT2D eigenvalue weighted by Crippen LogP contribution is -2.51. The van der Waals surface area contributed by atoms with Crippen molar-refractivity contribution in [2.45, 2.75) is 45.4 Å². The molecule has 140 valence electrons. The van der Waals surface area contributed by atoms with Gasteiger partial charge in [-0.15, -0.1) is 0 Å². The molecule has 5 heteroatoms. The first kappa shape index (κ1) is 18.8. The first-order valence-electron chi connectivity index (χ1n) is 9.19. The Morgan fingerprint density at radius 3 is 2.37 bits per heavy atom. The van der Waals surface area contributed by atoms with Crippen LogP contribution in [-0.4, -0.2) is 17.7 Å². The monoisotopic (exact) mass is 364 g/mol. The second-order valence-corrected chi connectivity index (χ2v) is 7.14. The van der Waals surface area contributed by atoms with E-state index >= 15 is 0 Å². The van der Waals surface area contributed by atoms with Gasteiger partial charge in [0.05, 0.1) is 5.41 Å². The lowest BCUT2D eigenvalue weighted by atomic mass is 9.72. The van der Waals surface area contributed by atoms with Crippen molar-refractivity contribution in [3.63, 3.8) is 0 Å². The van der Waals surface area contributed by atoms with E-state index in [1.165, 1.54) is 0 Å². The molecule has 1 fully saturated rings. The summed E-state index contributed by atoms with van der Waals surface area (Å²) in [5, 5.41) is 5.34. The van der Waals surface area contributed by atoms with Crippen molar-refractivity contribution >= 4 is 23.4 Å². The molecular formula is C22H24N2O3. The Kier molecular flexibility index (Phi) is 5.13. The van der Waals surface area contributed by atoms with Gasteiger partial charge in [-0.25, -0.2) is 0 Å². The van der Waals surface area contributed by atoms with Crippen LogP contribution in [0.3, 0.4) is 0 Å². The van der Waals surface area contributed by atoms with Gasteiger partial charge in [0.2, 0.25) is 11.8 Å². The zero-order chi connectivity index (χ0) is 19.6. The number of imide groups is 1. The van der Waals surface area contributed by atoms with Crippen molar-refractivity contribution in [3.05, 3.63) is 64.7 Å². The van der Waals surface area contributed by atoms with Gasteiger partial charge in [0.15, 0.2) is 0 Å². The van der Waals surface area contributed by atoms with Crippen molar-refractivity contribution in [1.82, 2.24) is 5.32 Å². The van der Waals surface area contributed by atoms with Crippen LogP contribution in [0.15, 0.2) is 42.5 Å². The fourth-order valence-electron chi connectivity index (χ4n) is 3.52. The minimum absolute atomic E-state index is 0.169. The number of aryl methyl sites for hydroxylation is 2. The fourth-order valence-corrected chi connectivity index (χ4v) is 3.52. The van der Waals surface area contributed by atoms with Crippen LogP contribution in [0.5, 0.6) is 0 Å². The summed E-state index contributed by atoms with van der Waals surface area (Å²) in [7, 11) is 0. The van der Waals surface area contributed by atoms with E-state index in [0.717, 1.165) is 16.7 Å². The van der Waals surface area contributed by atoms with Crippen LogP contribution in [-0.2, 0) is 15.0 Å². The van der Waals surface area contributed by atoms with Crippen molar-refractivity contribution in [2.24, 2.45) is 0 Å². The van der Waals surface area contributed by atoms with Gasteiger partial charge in [0, 0.05) is 17.7 Å². The van der Waals surface area contributed by atoms with Crippen molar-refractivity contribution < 1.29 is 14.4 Å². The molecule has 3 amide bonds. The van der Waals surface area contributed by atoms with Crippen LogP contribution >= 0.6 is 0 Å². The molecule has 0 radical (unpaired) electrons. The summed E-state index contributed by atoms with van der Waals surface area (Å²) in [6.07, 6.45) is 1.45. The number of anilines is 1. The maximum absolute atomic E-state index is 12.5. The molecule has 5 nitrogen and oxygen atoms in total. The number of hydrogen-bond acceptors (Lipinski definition) is 3. The summed E-state index contributed by atoms with van der Waals surface area (Å²) in [4.78, 5) is 36.4. The molecule has 0 aromatic heterocycles. The molecular weight excluding hydrogens is 340 g/mol. The number of carbonyl (C=O) groups excluding carboxylic acids is 3. The number of nitrogens with one attached hydrogen (secondary N) is 2. The molecule has 1 aliphatic heterocycles. The van der Waals surface area contributed by atoms with Crippen LogP contribution in [0.2, 0.25) is 0 Å². The molecule has 27 heavy (non-hydrogen) atoms. The van der Waals surface area contributed by atoms with E-state index in [1.807, 2.05) is 51.1 Å². The number of rotatable bonds is 4. The van der Waals surface area contributed by atoms with Crippen LogP contribution in [0.4, 0.5) is 5.69 Å². The molecule has 3 rings (SSSR count). The van der Waals surface area contributed by atoms with Crippen LogP contribution < -0.4 is 10.6 Å². The second-order valence-electron chi connectivity index (χ2n) is 7.14. The molecule has 1 unspecified atom stereocenters. The largest absolute Gasteiger partial charge is 0.322 e. The average Bonchev–Trinajstić information content (AvgIpc) is 2.65. The highest BCUT2D eigenvalue weighted by atomic mass is 16.2. The predicted octanol–water partition coefficient (Wildman–Crippen LogP) is 3.64. The van der Waals surface area contributed by atoms with Crippen molar-refractivity contribution in [2.75, 3.05) is 5.32 Å². The topological polar surface area (TPSA) is 75.3 Å². The molecule has 2 aromatic rings. The lowest BCUT2D eigenvalue weighted by Gasteiger charge is -2.35. The van der Waals surface area contributed by atoms with Gasteiger partial charge >= 0.3 is 0 Å². The van der Waals surface area contributed by atoms with E-state index < -0.39 is 5.41 Å². The summed E-state index contributed by atoms with van der Waals surface area (Å²) >= 11 is 0. The zero-order valence-electron chi connectivity index (χ0n) is 15.9. The SMILES string of the molecule is CCC1(c2ccc(NC(=O)c3ccc(C)c(C)c3)cc2)CCC(=O)NC1=O. The van der Waals surface area contributed by atoms with E-state index in [9.17, 15) is 14.4 Å². The van der Waals surface area contributed by atoms with E-state index in [0.29, 0.717) is 30.5 Å². The quantitative estimate of drug-likeness (QED) is 0.814. The normalized spacial score (nSPS) is 19.5. The maximum Gasteiger partial charge on any atom is 0.255 e. The van der Waals surface area contributed by atoms with E-state index in [2.05, 4.69) is 10.6 Å². The molecule has 0 spiro atoms. The Balaban J connectivity index is 1.78. The standard InChI is InChI=1S/C22H24N2O3/c1-4-22(12-11-19(25)24-21(22)27)17-7-9-18(10-8-17)23-20(26)16-6-5-14(2)15(3)13-16/h5-10,13H,4,11-12H2,1-3H3,(H,23,26)(H,24,25,27). The molecule has 1 heterocycles. The van der Waals surface area contributed by atoms with Crippen molar-refractivity contribution in [3.8, 4) is 0 Å². The third-order valence-corrected chi connectivity index (χ3v) is 5.53. The third-order valence-electron chi connectivity index (χ3n) is 5.53. The number of piperidine rings is 1. The van der Waals surface area contributed by atoms with Gasteiger partial charge < -0.3 is 5.32 Å². The summed E-state index contributed by atoms with van der Waals surface area (Å²) in [6.45, 7) is 5.93. The summed E-state index contributed by atoms with van der Waals surface area (Å²) in [5.41, 5.74) is 3.66. The second kappa shape index (κ2) is 7.35. The number of benzene rings is 2. The highest BCUT2D eigenvalue weighted by Gasteiger charge is 2.42. The smallest absolute Gasteiger partial charge is 0.255 e. The van der Waals surface area contributed by atoms with Gasteiger partial charge in [0.1, 0.15) is 0 Å². The molecule has 2 aromatic carbocycles. The Morgan fingerprint density at radius 1 is 1.07 bits per heavy atom. The molecule has 1 atom stereocenters. The molecule has 0 bridgehead atoms. The maximum atomic E-state index is 12.5. The van der Waals surface area contributed by atoms with Gasteiger partial charge in [-0.1, -0.05) is 25.1 Å². The predicted molar refractivity (Wildman–Crippen MR) is 105 cm³/mol. The van der Waals surface area contributed by atoms with E-state index in [-0.39, 0.29) is 17.7 Å². The molecule has 0 saturated carbocycles.